The van der Waals surface area contributed by atoms with Crippen LogP contribution < -0.4 is 0 Å². The minimum absolute atomic E-state index is 0.599. The highest BCUT2D eigenvalue weighted by Gasteiger charge is 2.18. The highest BCUT2D eigenvalue weighted by Crippen LogP contribution is 2.40. The van der Waals surface area contributed by atoms with E-state index >= 15 is 0 Å². The van der Waals surface area contributed by atoms with E-state index in [1.807, 2.05) is 329 Å². The maximum absolute atomic E-state index is 5.88. The van der Waals surface area contributed by atoms with Crippen LogP contribution in [0.25, 0.3) is 173 Å². The molecule has 0 unspecified atom stereocenters. The Morgan fingerprint density at radius 2 is 0.348 bits per heavy atom. The van der Waals surface area contributed by atoms with Crippen LogP contribution in [0.5, 0.6) is 0 Å². The fraction of sp³-hybridized carbons (Fsp3) is 0.167. The van der Waals surface area contributed by atoms with Gasteiger partial charge in [0.2, 0.25) is 23.6 Å². The van der Waals surface area contributed by atoms with Gasteiger partial charge in [0.15, 0.2) is 22.3 Å². The molecule has 0 aliphatic heterocycles. The fourth-order valence-electron chi connectivity index (χ4n) is 11.0. The maximum Gasteiger partial charge on any atom is 0.227 e. The summed E-state index contributed by atoms with van der Waals surface area (Å²) >= 11 is 6.92. The molecule has 0 amide bonds. The largest absolute Gasteiger partial charge is 0.436 e. The van der Waals surface area contributed by atoms with Gasteiger partial charge < -0.3 is 17.7 Å². The number of benzene rings is 12. The lowest BCUT2D eigenvalue weighted by Crippen LogP contribution is -1.76. The third-order valence-electron chi connectivity index (χ3n) is 15.8. The van der Waals surface area contributed by atoms with E-state index in [1.165, 1.54) is 41.1 Å². The summed E-state index contributed by atoms with van der Waals surface area (Å²) < 4.78 is 28.3. The van der Waals surface area contributed by atoms with Gasteiger partial charge in [0.25, 0.3) is 0 Å². The second-order valence-electron chi connectivity index (χ2n) is 22.2. The fourth-order valence-corrected chi connectivity index (χ4v) is 15.1. The molecule has 0 radical (unpaired) electrons. The maximum atomic E-state index is 5.88. The van der Waals surface area contributed by atoms with E-state index in [-0.39, 0.29) is 0 Å². The lowest BCUT2D eigenvalue weighted by molar-refractivity contribution is 0.609. The zero-order valence-electron chi connectivity index (χ0n) is 66.6. The van der Waals surface area contributed by atoms with Crippen LogP contribution in [0, 0.1) is 0 Å². The molecule has 0 bridgehead atoms. The first-order valence-corrected chi connectivity index (χ1v) is 42.0. The minimum atomic E-state index is 0.599. The topological polar surface area (TPSA) is 156 Å². The Balaban J connectivity index is 0.000000161. The van der Waals surface area contributed by atoms with Crippen LogP contribution >= 0.6 is 45.3 Å². The first-order valence-electron chi connectivity index (χ1n) is 38.7. The van der Waals surface area contributed by atoms with Gasteiger partial charge in [0.1, 0.15) is 42.1 Å². The van der Waals surface area contributed by atoms with Gasteiger partial charge in [0.05, 0.1) is 40.9 Å². The minimum Gasteiger partial charge on any atom is -0.436 e. The SMILES string of the molecule is CC.CC.CC.CC.CC.CC.CC.CC.c1ccc(-c2nc3cc4nc(-c5ccccc5)oc4cc3o2)cc1.c1ccc(-c2nc3cc4nc(-c5ccccc5)sc4cc3s2)cc1.c1ccc(-c2nc3cc4oc(-c5ccccc5)nc4cc3o2)cc1.c1ccc(-c2nc3cc4sc(-c5ccccc5)nc4cc3s2)cc1. The van der Waals surface area contributed by atoms with Gasteiger partial charge in [-0.3, -0.25) is 0 Å². The van der Waals surface area contributed by atoms with Crippen LogP contribution in [0.2, 0.25) is 0 Å². The standard InChI is InChI=1S/2C20H12N2O2.2C20H12N2S2.8C2H6/c1-3-7-13(8-4-1)19-21-15-11-18-16(12-17(15)23-19)22-20(24-18)14-9-5-2-6-10-14;1-3-7-13(8-4-1)19-21-15-11-16-18(12-17(15)23-19)24-20(22-16)14-9-5-2-6-10-14;1-3-7-13(8-4-1)19-21-15-11-18-16(12-17(15)23-19)22-20(24-18)14-9-5-2-6-10-14;1-3-7-13(8-4-1)19-21-15-11-16-18(12-17(15)23-19)24-20(22-16)14-9-5-2-6-10-14;8*1-2/h4*1-12H;8*1-2H3. The van der Waals surface area contributed by atoms with Gasteiger partial charge in [0, 0.05) is 62.7 Å². The van der Waals surface area contributed by atoms with E-state index in [4.69, 9.17) is 37.6 Å². The molecule has 568 valence electrons. The summed E-state index contributed by atoms with van der Waals surface area (Å²) in [6.07, 6.45) is 0. The molecule has 0 saturated carbocycles. The molecule has 20 aromatic rings. The molecular weight excluding hydrogens is 1460 g/mol. The Bertz CT molecular complexity index is 4770. The van der Waals surface area contributed by atoms with Crippen molar-refractivity contribution in [2.24, 2.45) is 0 Å². The first kappa shape index (κ1) is 84.1. The van der Waals surface area contributed by atoms with Crippen molar-refractivity contribution in [2.75, 3.05) is 0 Å². The van der Waals surface area contributed by atoms with Crippen LogP contribution in [-0.2, 0) is 0 Å². The zero-order chi connectivity index (χ0) is 79.7. The number of nitrogens with zero attached hydrogens (tertiary/aromatic N) is 8. The van der Waals surface area contributed by atoms with Crippen molar-refractivity contribution < 1.29 is 17.7 Å². The third kappa shape index (κ3) is 20.6. The predicted molar refractivity (Wildman–Crippen MR) is 483 cm³/mol. The number of fused-ring (bicyclic) bond motifs is 8. The van der Waals surface area contributed by atoms with Gasteiger partial charge >= 0.3 is 0 Å². The number of hydrogen-bond acceptors (Lipinski definition) is 16. The Morgan fingerprint density at radius 3 is 0.580 bits per heavy atom. The molecule has 0 atom stereocenters. The average Bonchev–Trinajstić information content (AvgIpc) is 1.64. The van der Waals surface area contributed by atoms with Gasteiger partial charge in [-0.1, -0.05) is 305 Å². The number of oxazole rings is 4. The van der Waals surface area contributed by atoms with Crippen LogP contribution in [0.3, 0.4) is 0 Å². The lowest BCUT2D eigenvalue weighted by Gasteiger charge is -1.92. The average molecular weight is 1550 g/mol. The third-order valence-corrected chi connectivity index (χ3v) is 20.0. The summed E-state index contributed by atoms with van der Waals surface area (Å²) in [5.41, 5.74) is 18.5. The van der Waals surface area contributed by atoms with Crippen molar-refractivity contribution >= 4 is 131 Å². The smallest absolute Gasteiger partial charge is 0.227 e. The van der Waals surface area contributed by atoms with Crippen molar-refractivity contribution in [2.45, 2.75) is 111 Å². The zero-order valence-corrected chi connectivity index (χ0v) is 69.8. The highest BCUT2D eigenvalue weighted by atomic mass is 32.1. The van der Waals surface area contributed by atoms with Crippen molar-refractivity contribution in [3.63, 3.8) is 0 Å². The van der Waals surface area contributed by atoms with Gasteiger partial charge in [-0.2, -0.15) is 0 Å². The quantitative estimate of drug-likeness (QED) is 0.142. The monoisotopic (exact) mass is 1550 g/mol. The molecule has 0 fully saturated rings. The van der Waals surface area contributed by atoms with Crippen LogP contribution in [-0.4, -0.2) is 39.9 Å². The van der Waals surface area contributed by atoms with Crippen molar-refractivity contribution in [3.05, 3.63) is 291 Å². The highest BCUT2D eigenvalue weighted by molar-refractivity contribution is 7.24. The second-order valence-corrected chi connectivity index (χ2v) is 26.4. The normalized spacial score (nSPS) is 10.1. The number of rotatable bonds is 8. The molecule has 0 aliphatic rings. The Kier molecular flexibility index (Phi) is 32.6. The molecule has 112 heavy (non-hydrogen) atoms. The number of hydrogen-bond donors (Lipinski definition) is 0. The van der Waals surface area contributed by atoms with E-state index in [2.05, 4.69) is 92.7 Å². The molecule has 16 heteroatoms. The van der Waals surface area contributed by atoms with Gasteiger partial charge in [-0.25, -0.2) is 39.9 Å². The molecule has 12 aromatic carbocycles. The van der Waals surface area contributed by atoms with E-state index in [0.717, 1.165) is 86.4 Å². The Morgan fingerprint density at radius 1 is 0.170 bits per heavy atom. The van der Waals surface area contributed by atoms with E-state index < -0.39 is 0 Å². The number of thiazole rings is 4. The van der Waals surface area contributed by atoms with Crippen molar-refractivity contribution in [1.82, 2.24) is 39.9 Å². The van der Waals surface area contributed by atoms with Crippen LogP contribution in [0.15, 0.2) is 309 Å². The molecule has 8 aromatic heterocycles. The molecule has 0 saturated heterocycles. The summed E-state index contributed by atoms with van der Waals surface area (Å²) in [5.74, 6) is 2.39. The van der Waals surface area contributed by atoms with Gasteiger partial charge in [-0.05, 0) is 78.9 Å². The molecule has 0 spiro atoms. The predicted octanol–water partition coefficient (Wildman–Crippen LogP) is 31.3. The van der Waals surface area contributed by atoms with Crippen LogP contribution in [0.4, 0.5) is 0 Å². The van der Waals surface area contributed by atoms with Crippen LogP contribution in [0.1, 0.15) is 111 Å². The van der Waals surface area contributed by atoms with E-state index in [1.54, 1.807) is 45.3 Å². The summed E-state index contributed by atoms with van der Waals surface area (Å²) in [5, 5.41) is 4.25. The lowest BCUT2D eigenvalue weighted by atomic mass is 10.2. The molecule has 0 N–H and O–H groups in total. The summed E-state index contributed by atoms with van der Waals surface area (Å²) in [4.78, 5) is 37.5. The number of aromatic nitrogens is 8. The summed E-state index contributed by atoms with van der Waals surface area (Å²) in [6, 6.07) is 96.8. The molecule has 8 heterocycles. The van der Waals surface area contributed by atoms with Crippen molar-refractivity contribution in [3.8, 4) is 88.1 Å². The van der Waals surface area contributed by atoms with E-state index in [9.17, 15) is 0 Å². The second kappa shape index (κ2) is 43.5. The molecular formula is C96H96N8O4S4. The van der Waals surface area contributed by atoms with Crippen molar-refractivity contribution in [1.29, 1.82) is 0 Å². The van der Waals surface area contributed by atoms with E-state index in [0.29, 0.717) is 45.9 Å². The first-order chi connectivity index (χ1) is 55.5. The molecule has 12 nitrogen and oxygen atoms in total. The summed E-state index contributed by atoms with van der Waals surface area (Å²) in [7, 11) is 0. The van der Waals surface area contributed by atoms with Gasteiger partial charge in [-0.15, -0.1) is 45.3 Å². The molecule has 20 rings (SSSR count). The summed E-state index contributed by atoms with van der Waals surface area (Å²) in [6.45, 7) is 32.0. The Labute approximate surface area is 673 Å². The Hall–Kier alpha value is -11.9. The molecule has 0 aliphatic carbocycles.